The molecule has 31 heavy (non-hydrogen) atoms. The van der Waals surface area contributed by atoms with Gasteiger partial charge in [0.05, 0.1) is 19.3 Å². The molecule has 0 radical (unpaired) electrons. The van der Waals surface area contributed by atoms with Gasteiger partial charge in [-0.25, -0.2) is 0 Å². The van der Waals surface area contributed by atoms with Crippen molar-refractivity contribution >= 4 is 11.8 Å². The highest BCUT2D eigenvalue weighted by Crippen LogP contribution is 2.28. The van der Waals surface area contributed by atoms with E-state index in [1.54, 1.807) is 25.3 Å². The van der Waals surface area contributed by atoms with Crippen molar-refractivity contribution in [3.05, 3.63) is 53.6 Å². The fourth-order valence-electron chi connectivity index (χ4n) is 3.75. The van der Waals surface area contributed by atoms with Gasteiger partial charge in [-0.15, -0.1) is 0 Å². The Morgan fingerprint density at radius 1 is 1.13 bits per heavy atom. The number of phenolic OH excluding ortho intramolecular Hbond substituents is 1. The molecule has 1 fully saturated rings. The van der Waals surface area contributed by atoms with Crippen LogP contribution in [0.4, 0.5) is 0 Å². The van der Waals surface area contributed by atoms with Gasteiger partial charge in [-0.3, -0.25) is 9.59 Å². The summed E-state index contributed by atoms with van der Waals surface area (Å²) in [5.74, 6) is 1.17. The van der Waals surface area contributed by atoms with Crippen LogP contribution in [-0.2, 0) is 11.2 Å². The van der Waals surface area contributed by atoms with Gasteiger partial charge < -0.3 is 24.8 Å². The number of nitrogens with one attached hydrogen (secondary N) is 1. The quantitative estimate of drug-likeness (QED) is 0.677. The maximum atomic E-state index is 12.6. The molecule has 2 N–H and O–H groups in total. The number of likely N-dealkylation sites (tertiary alicyclic amines) is 1. The number of benzene rings is 2. The molecule has 1 aliphatic rings. The van der Waals surface area contributed by atoms with Crippen molar-refractivity contribution in [1.82, 2.24) is 10.2 Å². The number of rotatable bonds is 8. The highest BCUT2D eigenvalue weighted by Gasteiger charge is 2.24. The molecule has 0 unspecified atom stereocenters. The minimum Gasteiger partial charge on any atom is -0.507 e. The fraction of sp³-hybridized carbons (Fsp3) is 0.417. The predicted octanol–water partition coefficient (Wildman–Crippen LogP) is 3.15. The minimum absolute atomic E-state index is 0.00785. The van der Waals surface area contributed by atoms with E-state index in [4.69, 9.17) is 9.47 Å². The van der Waals surface area contributed by atoms with E-state index in [-0.39, 0.29) is 29.2 Å². The van der Waals surface area contributed by atoms with Crippen LogP contribution in [-0.4, -0.2) is 54.7 Å². The van der Waals surface area contributed by atoms with Gasteiger partial charge in [0.1, 0.15) is 5.75 Å². The van der Waals surface area contributed by atoms with E-state index in [0.717, 1.165) is 5.56 Å². The summed E-state index contributed by atoms with van der Waals surface area (Å²) in [6, 6.07) is 12.2. The number of para-hydroxylation sites is 1. The second kappa shape index (κ2) is 10.7. The molecule has 2 amide bonds. The van der Waals surface area contributed by atoms with Gasteiger partial charge in [0.15, 0.2) is 11.5 Å². The normalized spacial score (nSPS) is 14.2. The number of aryl methyl sites for hydroxylation is 1. The average molecular weight is 427 g/mol. The summed E-state index contributed by atoms with van der Waals surface area (Å²) in [5, 5.41) is 12.8. The highest BCUT2D eigenvalue weighted by atomic mass is 16.5. The average Bonchev–Trinajstić information content (AvgIpc) is 2.79. The number of methoxy groups -OCH3 is 1. The Bertz CT molecular complexity index is 907. The molecular weight excluding hydrogens is 396 g/mol. The molecule has 1 saturated heterocycles. The molecule has 3 rings (SSSR count). The Morgan fingerprint density at radius 3 is 2.55 bits per heavy atom. The highest BCUT2D eigenvalue weighted by molar-refractivity contribution is 5.96. The zero-order valence-corrected chi connectivity index (χ0v) is 18.1. The number of amides is 2. The molecule has 0 atom stereocenters. The Balaban J connectivity index is 1.46. The van der Waals surface area contributed by atoms with E-state index in [9.17, 15) is 14.7 Å². The summed E-state index contributed by atoms with van der Waals surface area (Å²) in [5.41, 5.74) is 1.30. The number of carbonyl (C=O) groups excluding carboxylic acids is 2. The Labute approximate surface area is 183 Å². The molecule has 0 aromatic heterocycles. The van der Waals surface area contributed by atoms with Crippen molar-refractivity contribution in [3.8, 4) is 17.2 Å². The molecular formula is C24H30N2O5. The number of nitrogens with zero attached hydrogens (tertiary/aromatic N) is 1. The van der Waals surface area contributed by atoms with Crippen LogP contribution in [0.2, 0.25) is 0 Å². The fourth-order valence-corrected chi connectivity index (χ4v) is 3.75. The second-order valence-electron chi connectivity index (χ2n) is 7.56. The number of carbonyl (C=O) groups is 2. The summed E-state index contributed by atoms with van der Waals surface area (Å²) in [6.07, 6.45) is 2.45. The van der Waals surface area contributed by atoms with Crippen molar-refractivity contribution in [1.29, 1.82) is 0 Å². The van der Waals surface area contributed by atoms with Crippen LogP contribution in [0.25, 0.3) is 0 Å². The van der Waals surface area contributed by atoms with E-state index in [1.165, 1.54) is 6.07 Å². The molecule has 0 spiro atoms. The number of ether oxygens (including phenoxy) is 2. The lowest BCUT2D eigenvalue weighted by molar-refractivity contribution is -0.132. The summed E-state index contributed by atoms with van der Waals surface area (Å²) in [4.78, 5) is 26.9. The maximum absolute atomic E-state index is 12.6. The summed E-state index contributed by atoms with van der Waals surface area (Å²) >= 11 is 0. The molecule has 7 heteroatoms. The number of piperidine rings is 1. The van der Waals surface area contributed by atoms with E-state index in [2.05, 4.69) is 5.32 Å². The molecule has 7 nitrogen and oxygen atoms in total. The first-order valence-corrected chi connectivity index (χ1v) is 10.7. The number of aromatic hydroxyl groups is 1. The van der Waals surface area contributed by atoms with Crippen LogP contribution in [0.5, 0.6) is 17.2 Å². The Hall–Kier alpha value is -3.22. The monoisotopic (exact) mass is 426 g/mol. The Kier molecular flexibility index (Phi) is 7.76. The third-order valence-corrected chi connectivity index (χ3v) is 5.49. The van der Waals surface area contributed by atoms with Crippen LogP contribution in [0.3, 0.4) is 0 Å². The van der Waals surface area contributed by atoms with Gasteiger partial charge in [0.25, 0.3) is 5.91 Å². The van der Waals surface area contributed by atoms with E-state index in [0.29, 0.717) is 56.9 Å². The molecule has 0 aliphatic carbocycles. The lowest BCUT2D eigenvalue weighted by Crippen LogP contribution is -2.46. The van der Waals surface area contributed by atoms with E-state index >= 15 is 0 Å². The third kappa shape index (κ3) is 5.90. The Morgan fingerprint density at radius 2 is 1.87 bits per heavy atom. The molecule has 2 aromatic carbocycles. The van der Waals surface area contributed by atoms with Crippen LogP contribution in [0, 0.1) is 0 Å². The van der Waals surface area contributed by atoms with Crippen molar-refractivity contribution < 1.29 is 24.2 Å². The molecule has 1 heterocycles. The van der Waals surface area contributed by atoms with E-state index in [1.807, 2.05) is 30.0 Å². The van der Waals surface area contributed by atoms with Crippen LogP contribution in [0.1, 0.15) is 42.1 Å². The molecule has 166 valence electrons. The first kappa shape index (κ1) is 22.5. The van der Waals surface area contributed by atoms with Crippen LogP contribution >= 0.6 is 0 Å². The van der Waals surface area contributed by atoms with Gasteiger partial charge in [-0.1, -0.05) is 18.2 Å². The predicted molar refractivity (Wildman–Crippen MR) is 118 cm³/mol. The number of hydrogen-bond donors (Lipinski definition) is 2. The summed E-state index contributed by atoms with van der Waals surface area (Å²) in [7, 11) is 1.61. The lowest BCUT2D eigenvalue weighted by Gasteiger charge is -2.32. The van der Waals surface area contributed by atoms with Crippen molar-refractivity contribution in [2.24, 2.45) is 0 Å². The maximum Gasteiger partial charge on any atom is 0.255 e. The largest absolute Gasteiger partial charge is 0.507 e. The number of phenols is 1. The van der Waals surface area contributed by atoms with Crippen molar-refractivity contribution in [2.45, 2.75) is 38.6 Å². The SMILES string of the molecule is CCOc1ccc(CCC(=O)N2CCC(NC(=O)c3ccccc3O)CC2)cc1OC. The molecule has 2 aromatic rings. The minimum atomic E-state index is -0.285. The van der Waals surface area contributed by atoms with Crippen molar-refractivity contribution in [3.63, 3.8) is 0 Å². The first-order valence-electron chi connectivity index (χ1n) is 10.7. The van der Waals surface area contributed by atoms with Gasteiger partial charge in [-0.2, -0.15) is 0 Å². The zero-order valence-electron chi connectivity index (χ0n) is 18.1. The third-order valence-electron chi connectivity index (χ3n) is 5.49. The van der Waals surface area contributed by atoms with Crippen LogP contribution < -0.4 is 14.8 Å². The molecule has 0 saturated carbocycles. The first-order chi connectivity index (χ1) is 15.0. The van der Waals surface area contributed by atoms with Crippen LogP contribution in [0.15, 0.2) is 42.5 Å². The van der Waals surface area contributed by atoms with Gasteiger partial charge in [0, 0.05) is 25.6 Å². The smallest absolute Gasteiger partial charge is 0.255 e. The molecule has 0 bridgehead atoms. The van der Waals surface area contributed by atoms with Crippen molar-refractivity contribution in [2.75, 3.05) is 26.8 Å². The summed E-state index contributed by atoms with van der Waals surface area (Å²) in [6.45, 7) is 3.71. The van der Waals surface area contributed by atoms with Gasteiger partial charge in [-0.05, 0) is 56.0 Å². The number of hydrogen-bond acceptors (Lipinski definition) is 5. The topological polar surface area (TPSA) is 88.1 Å². The van der Waals surface area contributed by atoms with Gasteiger partial charge >= 0.3 is 0 Å². The second-order valence-corrected chi connectivity index (χ2v) is 7.56. The zero-order chi connectivity index (χ0) is 22.2. The van der Waals surface area contributed by atoms with Gasteiger partial charge in [0.2, 0.25) is 5.91 Å². The lowest BCUT2D eigenvalue weighted by atomic mass is 10.0. The summed E-state index contributed by atoms with van der Waals surface area (Å²) < 4.78 is 10.9. The molecule has 1 aliphatic heterocycles. The standard InChI is InChI=1S/C24H30N2O5/c1-3-31-21-10-8-17(16-22(21)30-2)9-11-23(28)26-14-12-18(13-15-26)25-24(29)19-6-4-5-7-20(19)27/h4-8,10,16,18,27H,3,9,11-15H2,1-2H3,(H,25,29). The van der Waals surface area contributed by atoms with E-state index < -0.39 is 0 Å².